The number of rotatable bonds is 18. The molecule has 3 saturated heterocycles. The number of ether oxygens (including phenoxy) is 2. The SMILES string of the molecule is C=CCCC(=O)N(C)[C@H](C)[C@H](OC(=O)[C@H]1[C@@H]2O[C@@]3(CC2Br)[C@@H]1C(=O)N(CCCCCCO)[C@@H]3C(=O)N(CC=C)c1cc(C)ccc1C)c1ccccc1. The lowest BCUT2D eigenvalue weighted by Crippen LogP contribution is -2.57. The molecule has 0 radical (unpaired) electrons. The van der Waals surface area contributed by atoms with Gasteiger partial charge in [0.25, 0.3) is 5.91 Å². The molecule has 1 N–H and O–H groups in total. The van der Waals surface area contributed by atoms with Gasteiger partial charge in [-0.25, -0.2) is 0 Å². The Kier molecular flexibility index (Phi) is 13.4. The average molecular weight is 793 g/mol. The molecule has 2 aromatic rings. The van der Waals surface area contributed by atoms with Crippen LogP contribution in [0.25, 0.3) is 0 Å². The number of allylic oxidation sites excluding steroid dienone is 1. The van der Waals surface area contributed by atoms with Gasteiger partial charge in [0, 0.05) is 43.7 Å². The summed E-state index contributed by atoms with van der Waals surface area (Å²) in [4.78, 5) is 62.2. The van der Waals surface area contributed by atoms with Crippen molar-refractivity contribution in [1.29, 1.82) is 0 Å². The fourth-order valence-corrected chi connectivity index (χ4v) is 9.33. The molecule has 3 amide bonds. The smallest absolute Gasteiger partial charge is 0.313 e. The first-order chi connectivity index (χ1) is 25.4. The summed E-state index contributed by atoms with van der Waals surface area (Å²) in [5, 5.41) is 9.33. The molecule has 286 valence electrons. The fourth-order valence-electron chi connectivity index (χ4n) is 8.38. The molecule has 0 aromatic heterocycles. The standard InChI is InChI=1S/C42H54BrN3O7/c1-7-9-19-33(48)44(6)29(5)36(30-17-13-12-14-18-30)52-41(51)34-35-39(49)46(23-15-10-11-16-24-47)38(42(35)26-31(43)37(34)53-42)40(50)45(22-8-2)32-25-27(3)20-21-28(32)4/h7-8,12-14,17-18,20-21,25,29,31,34-38,47H,1-2,9-11,15-16,19,22-24,26H2,3-6H3/t29-,31?,34-,35+,36+,37-,38-,42+/m1/s1. The number of carbonyl (C=O) groups is 4. The summed E-state index contributed by atoms with van der Waals surface area (Å²) in [6.45, 7) is 14.0. The molecule has 2 aromatic carbocycles. The van der Waals surface area contributed by atoms with E-state index in [0.29, 0.717) is 32.2 Å². The minimum absolute atomic E-state index is 0.0916. The van der Waals surface area contributed by atoms with Crippen LogP contribution in [0, 0.1) is 25.7 Å². The second kappa shape index (κ2) is 17.6. The van der Waals surface area contributed by atoms with Crippen LogP contribution in [0.15, 0.2) is 73.8 Å². The Balaban J connectivity index is 1.52. The van der Waals surface area contributed by atoms with Gasteiger partial charge in [-0.2, -0.15) is 0 Å². The van der Waals surface area contributed by atoms with Crippen LogP contribution in [-0.4, -0.2) is 94.0 Å². The molecule has 11 heteroatoms. The predicted molar refractivity (Wildman–Crippen MR) is 208 cm³/mol. The highest BCUT2D eigenvalue weighted by Crippen LogP contribution is 2.60. The van der Waals surface area contributed by atoms with E-state index in [0.717, 1.165) is 35.2 Å². The number of alkyl halides is 1. The van der Waals surface area contributed by atoms with Crippen molar-refractivity contribution < 1.29 is 33.8 Å². The second-order valence-corrected chi connectivity index (χ2v) is 15.9. The van der Waals surface area contributed by atoms with Crippen LogP contribution in [0.5, 0.6) is 0 Å². The first-order valence-corrected chi connectivity index (χ1v) is 19.7. The third-order valence-corrected chi connectivity index (χ3v) is 12.1. The zero-order valence-corrected chi connectivity index (χ0v) is 33.0. The number of likely N-dealkylation sites (N-methyl/N-ethyl adjacent to an activating group) is 1. The van der Waals surface area contributed by atoms with E-state index in [1.807, 2.05) is 69.3 Å². The highest BCUT2D eigenvalue weighted by Gasteiger charge is 2.77. The van der Waals surface area contributed by atoms with E-state index in [2.05, 4.69) is 29.1 Å². The lowest BCUT2D eigenvalue weighted by molar-refractivity contribution is -0.164. The van der Waals surface area contributed by atoms with Crippen molar-refractivity contribution in [2.75, 3.05) is 31.6 Å². The third kappa shape index (κ3) is 8.03. The van der Waals surface area contributed by atoms with Gasteiger partial charge in [0.05, 0.1) is 24.0 Å². The second-order valence-electron chi connectivity index (χ2n) is 14.7. The molecule has 2 bridgehead atoms. The van der Waals surface area contributed by atoms with Crippen molar-refractivity contribution in [2.45, 2.75) is 100 Å². The van der Waals surface area contributed by atoms with Crippen LogP contribution in [0.3, 0.4) is 0 Å². The van der Waals surface area contributed by atoms with Gasteiger partial charge >= 0.3 is 5.97 Å². The van der Waals surface area contributed by atoms with Crippen LogP contribution in [0.1, 0.15) is 74.7 Å². The highest BCUT2D eigenvalue weighted by molar-refractivity contribution is 9.09. The maximum absolute atomic E-state index is 15.1. The number of amides is 3. The zero-order valence-electron chi connectivity index (χ0n) is 31.4. The summed E-state index contributed by atoms with van der Waals surface area (Å²) in [6, 6.07) is 13.7. The summed E-state index contributed by atoms with van der Waals surface area (Å²) in [6.07, 6.45) is 5.84. The number of aliphatic hydroxyl groups is 1. The Morgan fingerprint density at radius 2 is 1.81 bits per heavy atom. The fraction of sp³-hybridized carbons (Fsp3) is 0.524. The van der Waals surface area contributed by atoms with Crippen LogP contribution in [-0.2, 0) is 28.7 Å². The van der Waals surface area contributed by atoms with Crippen molar-refractivity contribution in [3.05, 3.63) is 90.5 Å². The van der Waals surface area contributed by atoms with Crippen molar-refractivity contribution in [2.24, 2.45) is 11.8 Å². The Morgan fingerprint density at radius 3 is 2.49 bits per heavy atom. The number of likely N-dealkylation sites (tertiary alicyclic amines) is 1. The molecule has 3 heterocycles. The number of hydrogen-bond donors (Lipinski definition) is 1. The van der Waals surface area contributed by atoms with E-state index < -0.39 is 47.7 Å². The maximum atomic E-state index is 15.1. The van der Waals surface area contributed by atoms with Gasteiger partial charge in [-0.3, -0.25) is 19.2 Å². The number of anilines is 1. The number of nitrogens with zero attached hydrogens (tertiary/aromatic N) is 3. The molecule has 3 fully saturated rings. The largest absolute Gasteiger partial charge is 0.455 e. The minimum Gasteiger partial charge on any atom is -0.455 e. The number of benzene rings is 2. The topological polar surface area (TPSA) is 117 Å². The molecular weight excluding hydrogens is 738 g/mol. The number of aliphatic hydroxyl groups excluding tert-OH is 1. The van der Waals surface area contributed by atoms with Gasteiger partial charge in [0.1, 0.15) is 17.7 Å². The number of carbonyl (C=O) groups excluding carboxylic acids is 4. The first kappa shape index (κ1) is 40.4. The first-order valence-electron chi connectivity index (χ1n) is 18.8. The summed E-state index contributed by atoms with van der Waals surface area (Å²) in [5.41, 5.74) is 2.07. The van der Waals surface area contributed by atoms with E-state index in [9.17, 15) is 19.5 Å². The minimum atomic E-state index is -1.27. The van der Waals surface area contributed by atoms with Gasteiger partial charge < -0.3 is 29.3 Å². The Morgan fingerprint density at radius 1 is 1.09 bits per heavy atom. The van der Waals surface area contributed by atoms with Crippen molar-refractivity contribution >= 4 is 45.3 Å². The van der Waals surface area contributed by atoms with Gasteiger partial charge in [0.15, 0.2) is 0 Å². The van der Waals surface area contributed by atoms with Crippen LogP contribution in [0.2, 0.25) is 0 Å². The summed E-state index contributed by atoms with van der Waals surface area (Å²) >= 11 is 3.78. The maximum Gasteiger partial charge on any atom is 0.313 e. The van der Waals surface area contributed by atoms with Crippen molar-refractivity contribution in [3.8, 4) is 0 Å². The Bertz CT molecular complexity index is 1670. The number of halogens is 1. The van der Waals surface area contributed by atoms with Gasteiger partial charge in [-0.05, 0) is 69.2 Å². The molecule has 8 atom stereocenters. The molecule has 3 aliphatic rings. The van der Waals surface area contributed by atoms with E-state index in [4.69, 9.17) is 9.47 Å². The summed E-state index contributed by atoms with van der Waals surface area (Å²) in [7, 11) is 1.70. The number of hydrogen-bond acceptors (Lipinski definition) is 7. The molecule has 3 aliphatic heterocycles. The zero-order chi connectivity index (χ0) is 38.4. The van der Waals surface area contributed by atoms with E-state index >= 15 is 4.79 Å². The molecule has 5 rings (SSSR count). The lowest BCUT2D eigenvalue weighted by Gasteiger charge is -2.37. The van der Waals surface area contributed by atoms with Crippen molar-refractivity contribution in [3.63, 3.8) is 0 Å². The normalized spacial score (nSPS) is 25.4. The summed E-state index contributed by atoms with van der Waals surface area (Å²) < 4.78 is 13.2. The van der Waals surface area contributed by atoms with Gasteiger partial charge in [-0.15, -0.1) is 13.2 Å². The summed E-state index contributed by atoms with van der Waals surface area (Å²) in [5.74, 6) is -3.20. The van der Waals surface area contributed by atoms with E-state index in [1.54, 1.807) is 33.9 Å². The average Bonchev–Trinajstić information content (AvgIpc) is 3.75. The quantitative estimate of drug-likeness (QED) is 0.0825. The van der Waals surface area contributed by atoms with Crippen LogP contribution < -0.4 is 4.90 Å². The van der Waals surface area contributed by atoms with Gasteiger partial charge in [0.2, 0.25) is 11.8 Å². The molecule has 10 nitrogen and oxygen atoms in total. The number of unbranched alkanes of at least 4 members (excludes halogenated alkanes) is 3. The molecule has 1 unspecified atom stereocenters. The monoisotopic (exact) mass is 791 g/mol. The Hall–Kier alpha value is -3.80. The molecule has 0 saturated carbocycles. The Labute approximate surface area is 322 Å². The van der Waals surface area contributed by atoms with Crippen molar-refractivity contribution in [1.82, 2.24) is 9.80 Å². The number of aryl methyl sites for hydroxylation is 2. The van der Waals surface area contributed by atoms with Gasteiger partial charge in [-0.1, -0.05) is 83.4 Å². The third-order valence-electron chi connectivity index (χ3n) is 11.2. The van der Waals surface area contributed by atoms with Crippen LogP contribution >= 0.6 is 15.9 Å². The predicted octanol–water partition coefficient (Wildman–Crippen LogP) is 6.22. The molecular formula is C42H54BrN3O7. The number of esters is 1. The lowest BCUT2D eigenvalue weighted by atomic mass is 9.70. The molecule has 53 heavy (non-hydrogen) atoms. The van der Waals surface area contributed by atoms with E-state index in [-0.39, 0.29) is 42.1 Å². The molecule has 0 aliphatic carbocycles. The molecule has 1 spiro atoms. The van der Waals surface area contributed by atoms with E-state index in [1.165, 1.54) is 0 Å². The highest BCUT2D eigenvalue weighted by atomic mass is 79.9. The number of fused-ring (bicyclic) bond motifs is 1. The van der Waals surface area contributed by atoms with Crippen LogP contribution in [0.4, 0.5) is 5.69 Å².